The maximum absolute atomic E-state index is 10.7. The molecule has 2 nitrogen and oxygen atoms in total. The van der Waals surface area contributed by atoms with Crippen LogP contribution in [0.1, 0.15) is 41.3 Å². The number of hydrogen-bond donors (Lipinski definition) is 0. The Balaban J connectivity index is 2.42. The summed E-state index contributed by atoms with van der Waals surface area (Å²) in [6.07, 6.45) is 4.01. The molecule has 2 heteroatoms. The molecule has 1 aromatic carbocycles. The number of carbonyl (C=O) groups excluding carboxylic acids is 1. The van der Waals surface area contributed by atoms with Crippen molar-refractivity contribution in [2.24, 2.45) is 4.99 Å². The van der Waals surface area contributed by atoms with Crippen molar-refractivity contribution in [1.29, 1.82) is 0 Å². The average molecular weight is 201 g/mol. The van der Waals surface area contributed by atoms with Crippen LogP contribution in [0.4, 0.5) is 0 Å². The lowest BCUT2D eigenvalue weighted by Gasteiger charge is -2.16. The van der Waals surface area contributed by atoms with E-state index in [1.807, 2.05) is 12.1 Å². The Hall–Kier alpha value is -1.44. The second-order valence-electron chi connectivity index (χ2n) is 3.86. The van der Waals surface area contributed by atoms with Gasteiger partial charge in [-0.3, -0.25) is 9.79 Å². The average Bonchev–Trinajstić information content (AvgIpc) is 2.29. The predicted octanol–water partition coefficient (Wildman–Crippen LogP) is 2.64. The number of carbonyl (C=O) groups is 1. The first-order chi connectivity index (χ1) is 7.35. The van der Waals surface area contributed by atoms with Crippen molar-refractivity contribution in [2.45, 2.75) is 26.2 Å². The van der Waals surface area contributed by atoms with E-state index in [9.17, 15) is 4.79 Å². The van der Waals surface area contributed by atoms with E-state index in [-0.39, 0.29) is 0 Å². The topological polar surface area (TPSA) is 29.4 Å². The number of hydrogen-bond acceptors (Lipinski definition) is 2. The molecular weight excluding hydrogens is 186 g/mol. The number of aliphatic imine (C=N–C) groups is 1. The van der Waals surface area contributed by atoms with Gasteiger partial charge in [0, 0.05) is 17.8 Å². The van der Waals surface area contributed by atoms with Gasteiger partial charge in [0.2, 0.25) is 0 Å². The maximum Gasteiger partial charge on any atom is 0.150 e. The first kappa shape index (κ1) is 10.1. The minimum atomic E-state index is 0.749. The van der Waals surface area contributed by atoms with Crippen molar-refractivity contribution in [3.8, 4) is 0 Å². The minimum absolute atomic E-state index is 0.749. The van der Waals surface area contributed by atoms with E-state index >= 15 is 0 Å². The van der Waals surface area contributed by atoms with Gasteiger partial charge in [-0.25, -0.2) is 0 Å². The number of aldehydes is 1. The summed E-state index contributed by atoms with van der Waals surface area (Å²) >= 11 is 0. The molecule has 0 unspecified atom stereocenters. The fraction of sp³-hybridized carbons (Fsp3) is 0.385. The number of nitrogens with zero attached hydrogens (tertiary/aromatic N) is 1. The smallest absolute Gasteiger partial charge is 0.150 e. The van der Waals surface area contributed by atoms with Crippen LogP contribution in [-0.4, -0.2) is 18.5 Å². The molecule has 0 saturated heterocycles. The molecule has 1 heterocycles. The molecule has 78 valence electrons. The summed E-state index contributed by atoms with van der Waals surface area (Å²) in [5.41, 5.74) is 4.44. The van der Waals surface area contributed by atoms with Gasteiger partial charge in [0.1, 0.15) is 6.29 Å². The van der Waals surface area contributed by atoms with E-state index in [0.29, 0.717) is 0 Å². The molecular formula is C13H15NO. The van der Waals surface area contributed by atoms with Gasteiger partial charge in [0.15, 0.2) is 0 Å². The molecule has 0 amide bonds. The van der Waals surface area contributed by atoms with E-state index < -0.39 is 0 Å². The highest BCUT2D eigenvalue weighted by Crippen LogP contribution is 2.19. The maximum atomic E-state index is 10.7. The lowest BCUT2D eigenvalue weighted by molar-refractivity contribution is 0.112. The van der Waals surface area contributed by atoms with Gasteiger partial charge in [-0.1, -0.05) is 25.5 Å². The number of fused-ring (bicyclic) bond motifs is 1. The van der Waals surface area contributed by atoms with Gasteiger partial charge < -0.3 is 0 Å². The minimum Gasteiger partial charge on any atom is -0.298 e. The van der Waals surface area contributed by atoms with Crippen molar-refractivity contribution < 1.29 is 4.79 Å². The Labute approximate surface area is 90.0 Å². The van der Waals surface area contributed by atoms with E-state index in [1.54, 1.807) is 0 Å². The van der Waals surface area contributed by atoms with Crippen LogP contribution in [0.25, 0.3) is 0 Å². The summed E-state index contributed by atoms with van der Waals surface area (Å²) in [4.78, 5) is 15.3. The molecule has 0 fully saturated rings. The number of rotatable bonds is 3. The Morgan fingerprint density at radius 1 is 1.47 bits per heavy atom. The molecule has 0 bridgehead atoms. The summed E-state index contributed by atoms with van der Waals surface area (Å²) in [6, 6.07) is 5.92. The highest BCUT2D eigenvalue weighted by atomic mass is 16.1. The standard InChI is InChI=1S/C13H15NO/c1-2-3-13-12-8-10(9-15)4-5-11(12)6-7-14-13/h4-5,8-9H,2-3,6-7H2,1H3. The van der Waals surface area contributed by atoms with Crippen LogP contribution in [0.15, 0.2) is 23.2 Å². The predicted molar refractivity (Wildman–Crippen MR) is 61.8 cm³/mol. The molecule has 0 saturated carbocycles. The number of benzene rings is 1. The highest BCUT2D eigenvalue weighted by Gasteiger charge is 2.13. The first-order valence-electron chi connectivity index (χ1n) is 5.47. The lowest BCUT2D eigenvalue weighted by atomic mass is 9.93. The first-order valence-corrected chi connectivity index (χ1v) is 5.47. The van der Waals surface area contributed by atoms with Gasteiger partial charge in [-0.15, -0.1) is 0 Å². The van der Waals surface area contributed by atoms with E-state index in [1.165, 1.54) is 16.8 Å². The zero-order valence-corrected chi connectivity index (χ0v) is 8.99. The summed E-state index contributed by atoms with van der Waals surface area (Å²) in [6.45, 7) is 3.04. The van der Waals surface area contributed by atoms with E-state index in [0.717, 1.165) is 37.7 Å². The molecule has 15 heavy (non-hydrogen) atoms. The van der Waals surface area contributed by atoms with E-state index in [2.05, 4.69) is 18.0 Å². The Bertz CT molecular complexity index is 407. The Morgan fingerprint density at radius 3 is 3.07 bits per heavy atom. The third kappa shape index (κ3) is 1.99. The monoisotopic (exact) mass is 201 g/mol. The third-order valence-electron chi connectivity index (χ3n) is 2.75. The van der Waals surface area contributed by atoms with Crippen molar-refractivity contribution in [2.75, 3.05) is 6.54 Å². The van der Waals surface area contributed by atoms with Gasteiger partial charge in [-0.05, 0) is 30.0 Å². The molecule has 0 aromatic heterocycles. The molecule has 1 aliphatic heterocycles. The molecule has 2 rings (SSSR count). The van der Waals surface area contributed by atoms with Crippen LogP contribution < -0.4 is 0 Å². The fourth-order valence-electron chi connectivity index (χ4n) is 2.00. The van der Waals surface area contributed by atoms with E-state index in [4.69, 9.17) is 0 Å². The van der Waals surface area contributed by atoms with Crippen molar-refractivity contribution in [3.63, 3.8) is 0 Å². The van der Waals surface area contributed by atoms with Crippen molar-refractivity contribution >= 4 is 12.0 Å². The Morgan fingerprint density at radius 2 is 2.33 bits per heavy atom. The zero-order chi connectivity index (χ0) is 10.7. The van der Waals surface area contributed by atoms with Gasteiger partial charge in [0.25, 0.3) is 0 Å². The lowest BCUT2D eigenvalue weighted by Crippen LogP contribution is -2.13. The SMILES string of the molecule is CCCC1=NCCc2ccc(C=O)cc21. The fourth-order valence-corrected chi connectivity index (χ4v) is 2.00. The van der Waals surface area contributed by atoms with Crippen LogP contribution >= 0.6 is 0 Å². The normalized spacial score (nSPS) is 14.3. The van der Waals surface area contributed by atoms with Crippen molar-refractivity contribution in [1.82, 2.24) is 0 Å². The molecule has 1 aromatic rings. The summed E-state index contributed by atoms with van der Waals surface area (Å²) < 4.78 is 0. The third-order valence-corrected chi connectivity index (χ3v) is 2.75. The molecule has 0 atom stereocenters. The highest BCUT2D eigenvalue weighted by molar-refractivity contribution is 6.03. The van der Waals surface area contributed by atoms with Gasteiger partial charge >= 0.3 is 0 Å². The van der Waals surface area contributed by atoms with Gasteiger partial charge in [-0.2, -0.15) is 0 Å². The summed E-state index contributed by atoms with van der Waals surface area (Å²) in [7, 11) is 0. The van der Waals surface area contributed by atoms with Crippen molar-refractivity contribution in [3.05, 3.63) is 34.9 Å². The zero-order valence-electron chi connectivity index (χ0n) is 8.99. The molecule has 0 radical (unpaired) electrons. The largest absolute Gasteiger partial charge is 0.298 e. The second-order valence-corrected chi connectivity index (χ2v) is 3.86. The van der Waals surface area contributed by atoms with Gasteiger partial charge in [0.05, 0.1) is 0 Å². The van der Waals surface area contributed by atoms with Crippen LogP contribution in [0, 0.1) is 0 Å². The molecule has 0 aliphatic carbocycles. The second kappa shape index (κ2) is 4.39. The van der Waals surface area contributed by atoms with Crippen LogP contribution in [0.3, 0.4) is 0 Å². The summed E-state index contributed by atoms with van der Waals surface area (Å²) in [5, 5.41) is 0. The van der Waals surface area contributed by atoms with Crippen LogP contribution in [0.5, 0.6) is 0 Å². The molecule has 0 N–H and O–H groups in total. The van der Waals surface area contributed by atoms with Crippen LogP contribution in [0.2, 0.25) is 0 Å². The quantitative estimate of drug-likeness (QED) is 0.691. The summed E-state index contributed by atoms with van der Waals surface area (Å²) in [5.74, 6) is 0. The van der Waals surface area contributed by atoms with Crippen LogP contribution in [-0.2, 0) is 6.42 Å². The molecule has 0 spiro atoms. The molecule has 1 aliphatic rings. The Kier molecular flexibility index (Phi) is 2.95.